The number of rotatable bonds is 8. The van der Waals surface area contributed by atoms with Crippen molar-refractivity contribution >= 4 is 17.5 Å². The number of anilines is 1. The van der Waals surface area contributed by atoms with Crippen LogP contribution in [0, 0.1) is 0 Å². The Hall–Kier alpha value is -2.08. The number of nitrogens with one attached hydrogen (secondary N) is 2. The van der Waals surface area contributed by atoms with Gasteiger partial charge < -0.3 is 21.1 Å². The lowest BCUT2D eigenvalue weighted by molar-refractivity contribution is -0.122. The molecule has 0 aliphatic heterocycles. The van der Waals surface area contributed by atoms with E-state index in [2.05, 4.69) is 10.6 Å². The van der Waals surface area contributed by atoms with Crippen LogP contribution < -0.4 is 21.1 Å². The predicted molar refractivity (Wildman–Crippen MR) is 82.1 cm³/mol. The van der Waals surface area contributed by atoms with Gasteiger partial charge in [-0.1, -0.05) is 6.07 Å². The molecule has 0 saturated carbocycles. The molecule has 1 aromatic carbocycles. The fourth-order valence-corrected chi connectivity index (χ4v) is 1.69. The molecular weight excluding hydrogens is 270 g/mol. The van der Waals surface area contributed by atoms with Crippen LogP contribution in [0.15, 0.2) is 24.3 Å². The van der Waals surface area contributed by atoms with Crippen molar-refractivity contribution in [1.82, 2.24) is 5.32 Å². The minimum Gasteiger partial charge on any atom is -0.484 e. The first-order chi connectivity index (χ1) is 10.0. The number of carbonyl (C=O) groups is 2. The van der Waals surface area contributed by atoms with Crippen molar-refractivity contribution in [2.75, 3.05) is 19.0 Å². The van der Waals surface area contributed by atoms with Gasteiger partial charge in [-0.05, 0) is 31.9 Å². The standard InChI is InChI=1S/C15H23N3O3/c1-11(16)5-3-8-14(19)18-12-6-4-7-13(9-12)21-10-15(20)17-2/h4,6-7,9,11H,3,5,8,10,16H2,1-2H3,(H,17,20)(H,18,19). The molecule has 4 N–H and O–H groups in total. The minimum absolute atomic E-state index is 0.0533. The maximum Gasteiger partial charge on any atom is 0.257 e. The molecule has 1 rings (SSSR count). The Kier molecular flexibility index (Phi) is 7.25. The van der Waals surface area contributed by atoms with E-state index in [1.165, 1.54) is 0 Å². The zero-order valence-electron chi connectivity index (χ0n) is 12.5. The topological polar surface area (TPSA) is 93.5 Å². The molecule has 0 saturated heterocycles. The molecule has 1 unspecified atom stereocenters. The highest BCUT2D eigenvalue weighted by molar-refractivity contribution is 5.90. The summed E-state index contributed by atoms with van der Waals surface area (Å²) >= 11 is 0. The Balaban J connectivity index is 2.44. The molecule has 21 heavy (non-hydrogen) atoms. The quantitative estimate of drug-likeness (QED) is 0.673. The van der Waals surface area contributed by atoms with E-state index in [-0.39, 0.29) is 24.5 Å². The number of ether oxygens (including phenoxy) is 1. The molecule has 0 aliphatic carbocycles. The monoisotopic (exact) mass is 293 g/mol. The molecule has 1 aromatic rings. The molecule has 6 nitrogen and oxygen atoms in total. The summed E-state index contributed by atoms with van der Waals surface area (Å²) in [5.41, 5.74) is 6.29. The lowest BCUT2D eigenvalue weighted by Crippen LogP contribution is -2.24. The van der Waals surface area contributed by atoms with Crippen LogP contribution in [0.1, 0.15) is 26.2 Å². The molecule has 0 fully saturated rings. The van der Waals surface area contributed by atoms with E-state index in [1.807, 2.05) is 6.92 Å². The molecule has 1 atom stereocenters. The van der Waals surface area contributed by atoms with Crippen LogP contribution in [0.5, 0.6) is 5.75 Å². The Morgan fingerprint density at radius 1 is 1.33 bits per heavy atom. The van der Waals surface area contributed by atoms with Crippen LogP contribution in [-0.2, 0) is 9.59 Å². The number of hydrogen-bond donors (Lipinski definition) is 3. The normalized spacial score (nSPS) is 11.6. The van der Waals surface area contributed by atoms with Crippen molar-refractivity contribution in [2.24, 2.45) is 5.73 Å². The fraction of sp³-hybridized carbons (Fsp3) is 0.467. The van der Waals surface area contributed by atoms with Crippen LogP contribution in [-0.4, -0.2) is 31.5 Å². The molecule has 0 aliphatic rings. The summed E-state index contributed by atoms with van der Waals surface area (Å²) in [6.45, 7) is 1.87. The van der Waals surface area contributed by atoms with Gasteiger partial charge in [-0.15, -0.1) is 0 Å². The molecule has 2 amide bonds. The zero-order valence-corrected chi connectivity index (χ0v) is 12.5. The molecule has 0 bridgehead atoms. The third-order valence-electron chi connectivity index (χ3n) is 2.83. The summed E-state index contributed by atoms with van der Waals surface area (Å²) in [7, 11) is 1.55. The van der Waals surface area contributed by atoms with Crippen molar-refractivity contribution in [3.63, 3.8) is 0 Å². The molecule has 0 heterocycles. The van der Waals surface area contributed by atoms with Crippen LogP contribution in [0.25, 0.3) is 0 Å². The molecular formula is C15H23N3O3. The average Bonchev–Trinajstić information content (AvgIpc) is 2.44. The van der Waals surface area contributed by atoms with E-state index in [4.69, 9.17) is 10.5 Å². The van der Waals surface area contributed by atoms with Crippen LogP contribution in [0.2, 0.25) is 0 Å². The number of likely N-dealkylation sites (N-methyl/N-ethyl adjacent to an activating group) is 1. The molecule has 0 spiro atoms. The first kappa shape index (κ1) is 17.0. The van der Waals surface area contributed by atoms with Crippen LogP contribution in [0.4, 0.5) is 5.69 Å². The lowest BCUT2D eigenvalue weighted by atomic mass is 10.1. The second kappa shape index (κ2) is 8.97. The van der Waals surface area contributed by atoms with Gasteiger partial charge in [0.1, 0.15) is 5.75 Å². The summed E-state index contributed by atoms with van der Waals surface area (Å²) < 4.78 is 5.31. The Labute approximate surface area is 125 Å². The van der Waals surface area contributed by atoms with Crippen molar-refractivity contribution in [2.45, 2.75) is 32.2 Å². The summed E-state index contributed by atoms with van der Waals surface area (Å²) in [6.07, 6.45) is 2.02. The zero-order chi connectivity index (χ0) is 15.7. The van der Waals surface area contributed by atoms with Gasteiger partial charge >= 0.3 is 0 Å². The highest BCUT2D eigenvalue weighted by Gasteiger charge is 2.05. The highest BCUT2D eigenvalue weighted by atomic mass is 16.5. The molecule has 6 heteroatoms. The van der Waals surface area contributed by atoms with Gasteiger partial charge in [0.15, 0.2) is 6.61 Å². The maximum absolute atomic E-state index is 11.8. The van der Waals surface area contributed by atoms with Gasteiger partial charge in [-0.3, -0.25) is 9.59 Å². The van der Waals surface area contributed by atoms with Gasteiger partial charge in [0, 0.05) is 31.3 Å². The van der Waals surface area contributed by atoms with E-state index >= 15 is 0 Å². The molecule has 0 aromatic heterocycles. The number of benzene rings is 1. The lowest BCUT2D eigenvalue weighted by Gasteiger charge is -2.09. The fourth-order valence-electron chi connectivity index (χ4n) is 1.69. The van der Waals surface area contributed by atoms with Gasteiger partial charge in [0.2, 0.25) is 5.91 Å². The Bertz CT molecular complexity index is 475. The van der Waals surface area contributed by atoms with E-state index < -0.39 is 0 Å². The summed E-state index contributed by atoms with van der Waals surface area (Å²) in [5, 5.41) is 5.27. The molecule has 116 valence electrons. The van der Waals surface area contributed by atoms with Crippen molar-refractivity contribution in [1.29, 1.82) is 0 Å². The van der Waals surface area contributed by atoms with Crippen molar-refractivity contribution in [3.8, 4) is 5.75 Å². The third kappa shape index (κ3) is 7.31. The number of carbonyl (C=O) groups excluding carboxylic acids is 2. The van der Waals surface area contributed by atoms with E-state index in [0.29, 0.717) is 17.9 Å². The average molecular weight is 293 g/mol. The Morgan fingerprint density at radius 2 is 2.10 bits per heavy atom. The largest absolute Gasteiger partial charge is 0.484 e. The third-order valence-corrected chi connectivity index (χ3v) is 2.83. The first-order valence-electron chi connectivity index (χ1n) is 7.00. The number of amides is 2. The van der Waals surface area contributed by atoms with Crippen LogP contribution in [0.3, 0.4) is 0 Å². The summed E-state index contributed by atoms with van der Waals surface area (Å²) in [5.74, 6) is 0.270. The SMILES string of the molecule is CNC(=O)COc1cccc(NC(=O)CCCC(C)N)c1. The minimum atomic E-state index is -0.208. The van der Waals surface area contributed by atoms with Crippen molar-refractivity contribution < 1.29 is 14.3 Å². The second-order valence-electron chi connectivity index (χ2n) is 4.91. The van der Waals surface area contributed by atoms with Crippen molar-refractivity contribution in [3.05, 3.63) is 24.3 Å². The number of hydrogen-bond acceptors (Lipinski definition) is 4. The molecule has 0 radical (unpaired) electrons. The highest BCUT2D eigenvalue weighted by Crippen LogP contribution is 2.17. The smallest absolute Gasteiger partial charge is 0.257 e. The van der Waals surface area contributed by atoms with Gasteiger partial charge in [0.05, 0.1) is 0 Å². The van der Waals surface area contributed by atoms with E-state index in [9.17, 15) is 9.59 Å². The predicted octanol–water partition coefficient (Wildman–Crippen LogP) is 1.27. The maximum atomic E-state index is 11.8. The van der Waals surface area contributed by atoms with Crippen LogP contribution >= 0.6 is 0 Å². The van der Waals surface area contributed by atoms with Gasteiger partial charge in [-0.2, -0.15) is 0 Å². The Morgan fingerprint density at radius 3 is 2.76 bits per heavy atom. The number of nitrogens with two attached hydrogens (primary N) is 1. The van der Waals surface area contributed by atoms with E-state index in [0.717, 1.165) is 12.8 Å². The summed E-state index contributed by atoms with van der Waals surface area (Å²) in [6, 6.07) is 7.06. The first-order valence-corrected chi connectivity index (χ1v) is 7.00. The van der Waals surface area contributed by atoms with Gasteiger partial charge in [-0.25, -0.2) is 0 Å². The van der Waals surface area contributed by atoms with Gasteiger partial charge in [0.25, 0.3) is 5.91 Å². The second-order valence-corrected chi connectivity index (χ2v) is 4.91. The summed E-state index contributed by atoms with van der Waals surface area (Å²) in [4.78, 5) is 22.9. The van der Waals surface area contributed by atoms with E-state index in [1.54, 1.807) is 31.3 Å².